The van der Waals surface area contributed by atoms with Gasteiger partial charge in [0.1, 0.15) is 11.6 Å². The van der Waals surface area contributed by atoms with Crippen molar-refractivity contribution in [3.05, 3.63) is 53.3 Å². The van der Waals surface area contributed by atoms with E-state index in [9.17, 15) is 9.18 Å². The third-order valence-corrected chi connectivity index (χ3v) is 4.09. The smallest absolute Gasteiger partial charge is 0.260 e. The number of carbonyl (C=O) groups excluding carboxylic acids is 1. The van der Waals surface area contributed by atoms with Crippen molar-refractivity contribution in [2.45, 2.75) is 0 Å². The lowest BCUT2D eigenvalue weighted by atomic mass is 10.1. The molecule has 1 amide bonds. The first-order valence-electron chi connectivity index (χ1n) is 6.56. The Balaban J connectivity index is 1.87. The molecule has 1 N–H and O–H groups in total. The molecule has 0 saturated carbocycles. The van der Waals surface area contributed by atoms with E-state index in [4.69, 9.17) is 10.00 Å². The van der Waals surface area contributed by atoms with E-state index in [1.807, 2.05) is 12.1 Å². The average Bonchev–Trinajstić information content (AvgIpc) is 2.95. The number of ether oxygens (including phenoxy) is 1. The lowest BCUT2D eigenvalue weighted by Gasteiger charge is -2.03. The number of nitrogens with zero attached hydrogens (tertiary/aromatic N) is 2. The van der Waals surface area contributed by atoms with Gasteiger partial charge in [-0.1, -0.05) is 11.3 Å². The summed E-state index contributed by atoms with van der Waals surface area (Å²) in [7, 11) is 1.57. The maximum atomic E-state index is 13.8. The van der Waals surface area contributed by atoms with Crippen LogP contribution in [0.2, 0.25) is 0 Å². The number of halogens is 1. The Morgan fingerprint density at radius 3 is 2.87 bits per heavy atom. The van der Waals surface area contributed by atoms with Gasteiger partial charge in [-0.05, 0) is 36.4 Å². The largest absolute Gasteiger partial charge is 0.497 e. The predicted octanol–water partition coefficient (Wildman–Crippen LogP) is 3.57. The minimum absolute atomic E-state index is 0.138. The Morgan fingerprint density at radius 1 is 1.35 bits per heavy atom. The van der Waals surface area contributed by atoms with Crippen molar-refractivity contribution in [1.82, 2.24) is 4.98 Å². The van der Waals surface area contributed by atoms with Crippen LogP contribution in [0.3, 0.4) is 0 Å². The highest BCUT2D eigenvalue weighted by Gasteiger charge is 2.14. The first kappa shape index (κ1) is 14.9. The maximum absolute atomic E-state index is 13.8. The normalized spacial score (nSPS) is 10.3. The molecule has 2 aromatic carbocycles. The minimum Gasteiger partial charge on any atom is -0.497 e. The number of hydrogen-bond acceptors (Lipinski definition) is 5. The SMILES string of the molecule is COc1ccc2nc(NC(=O)c3ccc(C#N)cc3F)sc2c1. The van der Waals surface area contributed by atoms with E-state index in [1.165, 1.54) is 23.5 Å². The molecule has 0 aliphatic rings. The summed E-state index contributed by atoms with van der Waals surface area (Å²) < 4.78 is 19.8. The molecule has 0 aliphatic heterocycles. The van der Waals surface area contributed by atoms with E-state index in [1.54, 1.807) is 19.2 Å². The number of nitriles is 1. The summed E-state index contributed by atoms with van der Waals surface area (Å²) in [5, 5.41) is 11.6. The van der Waals surface area contributed by atoms with Gasteiger partial charge in [0, 0.05) is 0 Å². The van der Waals surface area contributed by atoms with Gasteiger partial charge in [-0.3, -0.25) is 10.1 Å². The second-order valence-corrected chi connectivity index (χ2v) is 5.64. The van der Waals surface area contributed by atoms with Crippen LogP contribution in [0.5, 0.6) is 5.75 Å². The monoisotopic (exact) mass is 327 g/mol. The number of thiazole rings is 1. The Morgan fingerprint density at radius 2 is 2.17 bits per heavy atom. The number of amides is 1. The summed E-state index contributed by atoms with van der Waals surface area (Å²) in [6.45, 7) is 0. The van der Waals surface area contributed by atoms with Crippen molar-refractivity contribution in [2.24, 2.45) is 0 Å². The highest BCUT2D eigenvalue weighted by Crippen LogP contribution is 2.29. The molecule has 0 aliphatic carbocycles. The lowest BCUT2D eigenvalue weighted by molar-refractivity contribution is 0.102. The number of nitrogens with one attached hydrogen (secondary N) is 1. The first-order chi connectivity index (χ1) is 11.1. The molecule has 1 aromatic heterocycles. The molecule has 5 nitrogen and oxygen atoms in total. The molecule has 0 unspecified atom stereocenters. The third-order valence-electron chi connectivity index (χ3n) is 3.16. The molecular weight excluding hydrogens is 317 g/mol. The molecular formula is C16H10FN3O2S. The van der Waals surface area contributed by atoms with Gasteiger partial charge in [-0.25, -0.2) is 9.37 Å². The van der Waals surface area contributed by atoms with Gasteiger partial charge in [-0.15, -0.1) is 0 Å². The Hall–Kier alpha value is -2.98. The molecule has 3 aromatic rings. The van der Waals surface area contributed by atoms with Gasteiger partial charge in [0.25, 0.3) is 5.91 Å². The standard InChI is InChI=1S/C16H10FN3O2S/c1-22-10-3-5-13-14(7-10)23-16(19-13)20-15(21)11-4-2-9(8-18)6-12(11)17/h2-7H,1H3,(H,19,20,21). The maximum Gasteiger partial charge on any atom is 0.260 e. The van der Waals surface area contributed by atoms with E-state index in [0.29, 0.717) is 16.4 Å². The summed E-state index contributed by atoms with van der Waals surface area (Å²) >= 11 is 1.27. The van der Waals surface area contributed by atoms with Crippen LogP contribution in [0, 0.1) is 17.1 Å². The van der Waals surface area contributed by atoms with E-state index >= 15 is 0 Å². The fourth-order valence-electron chi connectivity index (χ4n) is 2.02. The minimum atomic E-state index is -0.746. The molecule has 0 saturated heterocycles. The van der Waals surface area contributed by atoms with E-state index in [-0.39, 0.29) is 11.1 Å². The molecule has 114 valence electrons. The highest BCUT2D eigenvalue weighted by atomic mass is 32.1. The van der Waals surface area contributed by atoms with Crippen molar-refractivity contribution in [3.8, 4) is 11.8 Å². The quantitative estimate of drug-likeness (QED) is 0.798. The van der Waals surface area contributed by atoms with Gasteiger partial charge in [-0.2, -0.15) is 5.26 Å². The second-order valence-electron chi connectivity index (χ2n) is 4.61. The number of carbonyl (C=O) groups is 1. The second kappa shape index (κ2) is 6.02. The third kappa shape index (κ3) is 2.98. The summed E-state index contributed by atoms with van der Waals surface area (Å²) in [6.07, 6.45) is 0. The van der Waals surface area contributed by atoms with Crippen LogP contribution in [-0.4, -0.2) is 18.0 Å². The Kier molecular flexibility index (Phi) is 3.91. The van der Waals surface area contributed by atoms with Crippen LogP contribution >= 0.6 is 11.3 Å². The lowest BCUT2D eigenvalue weighted by Crippen LogP contribution is -2.13. The molecule has 0 spiro atoms. The van der Waals surface area contributed by atoms with Crippen molar-refractivity contribution >= 4 is 32.6 Å². The zero-order valence-corrected chi connectivity index (χ0v) is 12.8. The molecule has 0 atom stereocenters. The Labute approximate surface area is 135 Å². The number of anilines is 1. The van der Waals surface area contributed by atoms with Gasteiger partial charge < -0.3 is 4.74 Å². The number of methoxy groups -OCH3 is 1. The van der Waals surface area contributed by atoms with Crippen LogP contribution < -0.4 is 10.1 Å². The summed E-state index contributed by atoms with van der Waals surface area (Å²) in [5.74, 6) is -0.667. The Bertz CT molecular complexity index is 946. The average molecular weight is 327 g/mol. The van der Waals surface area contributed by atoms with Gasteiger partial charge in [0.05, 0.1) is 34.5 Å². The number of aromatic nitrogens is 1. The summed E-state index contributed by atoms with van der Waals surface area (Å²) in [6, 6.07) is 10.9. The van der Waals surface area contributed by atoms with Crippen LogP contribution in [0.15, 0.2) is 36.4 Å². The van der Waals surface area contributed by atoms with Crippen molar-refractivity contribution in [3.63, 3.8) is 0 Å². The zero-order valence-electron chi connectivity index (χ0n) is 12.0. The van der Waals surface area contributed by atoms with Crippen molar-refractivity contribution < 1.29 is 13.9 Å². The van der Waals surface area contributed by atoms with Crippen LogP contribution in [0.1, 0.15) is 15.9 Å². The van der Waals surface area contributed by atoms with E-state index < -0.39 is 11.7 Å². The van der Waals surface area contributed by atoms with Crippen LogP contribution in [0.4, 0.5) is 9.52 Å². The number of rotatable bonds is 3. The van der Waals surface area contributed by atoms with Crippen LogP contribution in [0.25, 0.3) is 10.2 Å². The molecule has 7 heteroatoms. The van der Waals surface area contributed by atoms with Crippen molar-refractivity contribution in [2.75, 3.05) is 12.4 Å². The zero-order chi connectivity index (χ0) is 16.4. The summed E-state index contributed by atoms with van der Waals surface area (Å²) in [4.78, 5) is 16.4. The molecule has 3 rings (SSSR count). The first-order valence-corrected chi connectivity index (χ1v) is 7.38. The van der Waals surface area contributed by atoms with Gasteiger partial charge >= 0.3 is 0 Å². The van der Waals surface area contributed by atoms with Gasteiger partial charge in [0.2, 0.25) is 0 Å². The molecule has 1 heterocycles. The van der Waals surface area contributed by atoms with Crippen molar-refractivity contribution in [1.29, 1.82) is 5.26 Å². The van der Waals surface area contributed by atoms with Gasteiger partial charge in [0.15, 0.2) is 5.13 Å². The molecule has 0 radical (unpaired) electrons. The molecule has 23 heavy (non-hydrogen) atoms. The fraction of sp³-hybridized carbons (Fsp3) is 0.0625. The van der Waals surface area contributed by atoms with E-state index in [0.717, 1.165) is 10.8 Å². The fourth-order valence-corrected chi connectivity index (χ4v) is 2.91. The number of fused-ring (bicyclic) bond motifs is 1. The summed E-state index contributed by atoms with van der Waals surface area (Å²) in [5.41, 5.74) is 0.735. The number of hydrogen-bond donors (Lipinski definition) is 1. The topological polar surface area (TPSA) is 75.0 Å². The molecule has 0 bridgehead atoms. The molecule has 0 fully saturated rings. The van der Waals surface area contributed by atoms with E-state index in [2.05, 4.69) is 10.3 Å². The van der Waals surface area contributed by atoms with Crippen LogP contribution in [-0.2, 0) is 0 Å². The predicted molar refractivity (Wildman–Crippen MR) is 85.2 cm³/mol. The number of benzene rings is 2. The highest BCUT2D eigenvalue weighted by molar-refractivity contribution is 7.22.